The Morgan fingerprint density at radius 2 is 0.833 bits per heavy atom. The fourth-order valence-electron chi connectivity index (χ4n) is 4.23. The molecular weight excluding hydrogens is 368 g/mol. The molecule has 1 aromatic carbocycles. The van der Waals surface area contributed by atoms with E-state index in [0.29, 0.717) is 0 Å². The predicted octanol–water partition coefficient (Wildman–Crippen LogP) is 7.14. The predicted molar refractivity (Wildman–Crippen MR) is 131 cm³/mol. The van der Waals surface area contributed by atoms with Crippen molar-refractivity contribution >= 4 is 0 Å². The molecule has 0 saturated heterocycles. The number of aliphatic hydroxyl groups is 2. The van der Waals surface area contributed by atoms with Crippen molar-refractivity contribution in [1.82, 2.24) is 0 Å². The van der Waals surface area contributed by atoms with Gasteiger partial charge in [-0.05, 0) is 69.4 Å². The lowest BCUT2D eigenvalue weighted by molar-refractivity contribution is 0.152. The molecule has 0 aliphatic rings. The van der Waals surface area contributed by atoms with Crippen molar-refractivity contribution in [3.63, 3.8) is 0 Å². The molecule has 0 amide bonds. The van der Waals surface area contributed by atoms with Crippen LogP contribution in [0.25, 0.3) is 0 Å². The van der Waals surface area contributed by atoms with Gasteiger partial charge in [-0.1, -0.05) is 94.4 Å². The summed E-state index contributed by atoms with van der Waals surface area (Å²) < 4.78 is 0. The summed E-state index contributed by atoms with van der Waals surface area (Å²) >= 11 is 0. The molecule has 174 valence electrons. The maximum absolute atomic E-state index is 9.41. The molecule has 0 bridgehead atoms. The van der Waals surface area contributed by atoms with Crippen LogP contribution in [0.15, 0.2) is 18.2 Å². The van der Waals surface area contributed by atoms with Gasteiger partial charge in [-0.3, -0.25) is 0 Å². The van der Waals surface area contributed by atoms with Crippen LogP contribution in [0.3, 0.4) is 0 Å². The highest BCUT2D eigenvalue weighted by molar-refractivity contribution is 5.42. The Hall–Kier alpha value is -0.860. The maximum Gasteiger partial charge on any atom is 0.0431 e. The van der Waals surface area contributed by atoms with Crippen molar-refractivity contribution < 1.29 is 10.2 Å². The standard InChI is InChI=1S/C28H50O2/c1-24(2,3)21-18-22(27(8,9)25(4,5)14-12-16-29)20-23(19-21)28(10,11)26(6,7)15-13-17-30/h18-20,29-30H,12-17H2,1-11H3. The molecular formula is C28H50O2. The lowest BCUT2D eigenvalue weighted by atomic mass is 9.58. The molecule has 0 aliphatic carbocycles. The second-order valence-electron chi connectivity index (χ2n) is 12.7. The minimum Gasteiger partial charge on any atom is -0.396 e. The van der Waals surface area contributed by atoms with Gasteiger partial charge in [0.25, 0.3) is 0 Å². The minimum absolute atomic E-state index is 0.0243. The zero-order valence-corrected chi connectivity index (χ0v) is 21.9. The minimum atomic E-state index is -0.0243. The van der Waals surface area contributed by atoms with Gasteiger partial charge in [0, 0.05) is 13.2 Å². The fourth-order valence-corrected chi connectivity index (χ4v) is 4.23. The summed E-state index contributed by atoms with van der Waals surface area (Å²) in [4.78, 5) is 0. The lowest BCUT2D eigenvalue weighted by Gasteiger charge is -2.46. The van der Waals surface area contributed by atoms with E-state index in [9.17, 15) is 10.2 Å². The highest BCUT2D eigenvalue weighted by Crippen LogP contribution is 2.49. The van der Waals surface area contributed by atoms with E-state index in [0.717, 1.165) is 25.7 Å². The summed E-state index contributed by atoms with van der Waals surface area (Å²) in [5, 5.41) is 18.8. The van der Waals surface area contributed by atoms with Crippen molar-refractivity contribution in [2.24, 2.45) is 10.8 Å². The summed E-state index contributed by atoms with van der Waals surface area (Å²) in [5.41, 5.74) is 4.32. The Labute approximate surface area is 187 Å². The number of hydrogen-bond acceptors (Lipinski definition) is 2. The molecule has 30 heavy (non-hydrogen) atoms. The number of hydrogen-bond donors (Lipinski definition) is 2. The fraction of sp³-hybridized carbons (Fsp3) is 0.786. The molecule has 0 aliphatic heterocycles. The molecule has 1 rings (SSSR count). The summed E-state index contributed by atoms with van der Waals surface area (Å²) in [6.45, 7) is 26.2. The summed E-state index contributed by atoms with van der Waals surface area (Å²) in [6, 6.07) is 7.28. The van der Waals surface area contributed by atoms with Gasteiger partial charge in [0.2, 0.25) is 0 Å². The van der Waals surface area contributed by atoms with Crippen molar-refractivity contribution in [3.05, 3.63) is 34.9 Å². The first-order valence-electron chi connectivity index (χ1n) is 11.8. The molecule has 0 fully saturated rings. The van der Waals surface area contributed by atoms with Gasteiger partial charge in [-0.2, -0.15) is 0 Å². The molecule has 0 aromatic heterocycles. The third-order valence-corrected chi connectivity index (χ3v) is 8.55. The largest absolute Gasteiger partial charge is 0.396 e. The molecule has 2 nitrogen and oxygen atoms in total. The van der Waals surface area contributed by atoms with E-state index in [-0.39, 0.29) is 40.3 Å². The molecule has 0 saturated carbocycles. The second kappa shape index (κ2) is 9.33. The van der Waals surface area contributed by atoms with E-state index in [4.69, 9.17) is 0 Å². The van der Waals surface area contributed by atoms with Crippen LogP contribution in [0, 0.1) is 10.8 Å². The average molecular weight is 419 g/mol. The summed E-state index contributed by atoms with van der Waals surface area (Å²) in [6.07, 6.45) is 3.66. The normalized spacial score (nSPS) is 14.3. The van der Waals surface area contributed by atoms with Crippen LogP contribution < -0.4 is 0 Å². The van der Waals surface area contributed by atoms with Gasteiger partial charge in [-0.25, -0.2) is 0 Å². The van der Waals surface area contributed by atoms with E-state index in [1.54, 1.807) is 0 Å². The van der Waals surface area contributed by atoms with Gasteiger partial charge in [0.05, 0.1) is 0 Å². The third-order valence-electron chi connectivity index (χ3n) is 8.55. The van der Waals surface area contributed by atoms with E-state index in [1.165, 1.54) is 16.7 Å². The Kier molecular flexibility index (Phi) is 8.45. The first kappa shape index (κ1) is 27.2. The zero-order valence-electron chi connectivity index (χ0n) is 21.9. The van der Waals surface area contributed by atoms with Crippen molar-refractivity contribution in [1.29, 1.82) is 0 Å². The van der Waals surface area contributed by atoms with Crippen molar-refractivity contribution in [2.75, 3.05) is 13.2 Å². The molecule has 0 radical (unpaired) electrons. The van der Waals surface area contributed by atoms with Crippen LogP contribution in [0.4, 0.5) is 0 Å². The monoisotopic (exact) mass is 418 g/mol. The molecule has 0 unspecified atom stereocenters. The van der Waals surface area contributed by atoms with Gasteiger partial charge in [0.15, 0.2) is 0 Å². The van der Waals surface area contributed by atoms with Gasteiger partial charge >= 0.3 is 0 Å². The molecule has 0 atom stereocenters. The van der Waals surface area contributed by atoms with E-state index in [2.05, 4.69) is 94.4 Å². The van der Waals surface area contributed by atoms with E-state index < -0.39 is 0 Å². The van der Waals surface area contributed by atoms with Crippen LogP contribution in [-0.4, -0.2) is 23.4 Å². The van der Waals surface area contributed by atoms with Crippen LogP contribution in [0.1, 0.15) is 119 Å². The van der Waals surface area contributed by atoms with Crippen LogP contribution in [0.5, 0.6) is 0 Å². The van der Waals surface area contributed by atoms with Crippen LogP contribution >= 0.6 is 0 Å². The van der Waals surface area contributed by atoms with Gasteiger partial charge in [0.1, 0.15) is 0 Å². The molecule has 0 spiro atoms. The van der Waals surface area contributed by atoms with Crippen LogP contribution in [0.2, 0.25) is 0 Å². The quantitative estimate of drug-likeness (QED) is 0.424. The highest BCUT2D eigenvalue weighted by atomic mass is 16.3. The Morgan fingerprint density at radius 3 is 1.10 bits per heavy atom. The molecule has 2 heteroatoms. The summed E-state index contributed by atoms with van der Waals surface area (Å²) in [5.74, 6) is 0. The summed E-state index contributed by atoms with van der Waals surface area (Å²) in [7, 11) is 0. The maximum atomic E-state index is 9.41. The highest BCUT2D eigenvalue weighted by Gasteiger charge is 2.42. The van der Waals surface area contributed by atoms with Gasteiger partial charge in [-0.15, -0.1) is 0 Å². The zero-order chi connectivity index (χ0) is 23.6. The number of benzene rings is 1. The van der Waals surface area contributed by atoms with Gasteiger partial charge < -0.3 is 10.2 Å². The number of rotatable bonds is 10. The Bertz CT molecular complexity index is 637. The number of aliphatic hydroxyl groups excluding tert-OH is 2. The third kappa shape index (κ3) is 5.68. The first-order chi connectivity index (χ1) is 13.4. The molecule has 1 aromatic rings. The SMILES string of the molecule is CC(C)(C)c1cc(C(C)(C)C(C)(C)CCCO)cc(C(C)(C)C(C)(C)CCCO)c1. The Balaban J connectivity index is 3.65. The van der Waals surface area contributed by atoms with Crippen LogP contribution in [-0.2, 0) is 16.2 Å². The van der Waals surface area contributed by atoms with E-state index >= 15 is 0 Å². The van der Waals surface area contributed by atoms with Crippen molar-refractivity contribution in [2.45, 2.75) is 118 Å². The molecule has 0 heterocycles. The Morgan fingerprint density at radius 1 is 0.533 bits per heavy atom. The lowest BCUT2D eigenvalue weighted by Crippen LogP contribution is -2.39. The smallest absolute Gasteiger partial charge is 0.0431 e. The topological polar surface area (TPSA) is 40.5 Å². The van der Waals surface area contributed by atoms with E-state index in [1.807, 2.05) is 0 Å². The average Bonchev–Trinajstić information content (AvgIpc) is 2.63. The molecule has 2 N–H and O–H groups in total. The second-order valence-corrected chi connectivity index (χ2v) is 12.7. The first-order valence-corrected chi connectivity index (χ1v) is 11.8. The van der Waals surface area contributed by atoms with Crippen molar-refractivity contribution in [3.8, 4) is 0 Å².